The lowest BCUT2D eigenvalue weighted by atomic mass is 9.74. The Morgan fingerprint density at radius 3 is 2.45 bits per heavy atom. The molecule has 3 aromatic rings. The third-order valence-electron chi connectivity index (χ3n) is 11.7. The van der Waals surface area contributed by atoms with Crippen molar-refractivity contribution in [3.05, 3.63) is 107 Å². The number of pyridine rings is 1. The number of carbonyl (C=O) groups excluding carboxylic acids is 5. The number of hydrogen-bond acceptors (Lipinski definition) is 11. The molecule has 2 saturated heterocycles. The molecule has 1 aromatic heterocycles. The summed E-state index contributed by atoms with van der Waals surface area (Å²) in [7, 11) is 6.23. The Morgan fingerprint density at radius 2 is 1.73 bits per heavy atom. The lowest BCUT2D eigenvalue weighted by Gasteiger charge is -2.36. The summed E-state index contributed by atoms with van der Waals surface area (Å²) in [6, 6.07) is 15.1. The Balaban J connectivity index is 1.02. The molecule has 2 radical (unpaired) electrons. The van der Waals surface area contributed by atoms with Crippen molar-refractivity contribution in [3.63, 3.8) is 0 Å². The van der Waals surface area contributed by atoms with E-state index in [2.05, 4.69) is 5.32 Å². The van der Waals surface area contributed by atoms with Gasteiger partial charge in [-0.1, -0.05) is 37.0 Å². The largest absolute Gasteiger partial charge is 0.460 e. The van der Waals surface area contributed by atoms with Crippen molar-refractivity contribution in [2.75, 3.05) is 31.6 Å². The fourth-order valence-electron chi connectivity index (χ4n) is 8.08. The molecule has 6 rings (SSSR count). The van der Waals surface area contributed by atoms with Gasteiger partial charge in [0.15, 0.2) is 30.5 Å². The van der Waals surface area contributed by atoms with Crippen LogP contribution in [0.2, 0.25) is 0 Å². The molecule has 3 aliphatic rings. The number of unbranched alkanes of at least 4 members (excludes halogenated alkanes) is 2. The van der Waals surface area contributed by atoms with Crippen LogP contribution < -0.4 is 14.6 Å². The van der Waals surface area contributed by atoms with Crippen molar-refractivity contribution in [3.8, 4) is 5.75 Å². The first-order valence-corrected chi connectivity index (χ1v) is 21.2. The van der Waals surface area contributed by atoms with Crippen LogP contribution in [-0.4, -0.2) is 119 Å². The molecule has 4 N–H and O–H groups in total. The van der Waals surface area contributed by atoms with E-state index in [0.717, 1.165) is 86.0 Å². The molecule has 0 spiro atoms. The van der Waals surface area contributed by atoms with E-state index >= 15 is 0 Å². The zero-order valence-electron chi connectivity index (χ0n) is 35.6. The van der Waals surface area contributed by atoms with Gasteiger partial charge in [0.1, 0.15) is 31.9 Å². The number of ketones is 2. The lowest BCUT2D eigenvalue weighted by molar-refractivity contribution is -0.688. The average Bonchev–Trinajstić information content (AvgIpc) is 3.60. The van der Waals surface area contributed by atoms with Crippen LogP contribution in [0.15, 0.2) is 79.2 Å². The van der Waals surface area contributed by atoms with Crippen molar-refractivity contribution < 1.29 is 53.3 Å². The normalized spacial score (nSPS) is 21.6. The van der Waals surface area contributed by atoms with Crippen LogP contribution in [-0.2, 0) is 30.5 Å². The minimum atomic E-state index is -1.96. The average molecular weight is 848 g/mol. The second-order valence-corrected chi connectivity index (χ2v) is 16.7. The number of likely N-dealkylation sites (tertiary alicyclic amines) is 1. The minimum Gasteiger partial charge on any atom is -0.460 e. The highest BCUT2D eigenvalue weighted by Crippen LogP contribution is 2.34. The molecule has 4 heterocycles. The van der Waals surface area contributed by atoms with Gasteiger partial charge in [-0.05, 0) is 94.0 Å². The van der Waals surface area contributed by atoms with Gasteiger partial charge in [-0.15, -0.1) is 0 Å². The van der Waals surface area contributed by atoms with Gasteiger partial charge >= 0.3 is 0 Å². The van der Waals surface area contributed by atoms with E-state index in [1.807, 2.05) is 71.2 Å². The minimum absolute atomic E-state index is 0.0530. The molecule has 2 fully saturated rings. The number of imide groups is 1. The van der Waals surface area contributed by atoms with Gasteiger partial charge in [0.25, 0.3) is 17.7 Å². The Bertz CT molecular complexity index is 2180. The van der Waals surface area contributed by atoms with E-state index in [4.69, 9.17) is 17.3 Å². The number of rotatable bonds is 18. The number of aliphatic hydroxyl groups is 3. The number of Topliss-reactive ketones (excluding diaryl/α,β-unsaturated/α-hetero) is 1. The third-order valence-corrected chi connectivity index (χ3v) is 11.7. The van der Waals surface area contributed by atoms with E-state index < -0.39 is 54.2 Å². The van der Waals surface area contributed by atoms with Crippen LogP contribution in [0.25, 0.3) is 6.08 Å². The Hall–Kier alpha value is -5.48. The van der Waals surface area contributed by atoms with Crippen molar-refractivity contribution in [1.29, 1.82) is 0 Å². The third kappa shape index (κ3) is 11.5. The molecular formula is C47H56BN4O10+. The van der Waals surface area contributed by atoms with E-state index in [-0.39, 0.29) is 24.0 Å². The van der Waals surface area contributed by atoms with Gasteiger partial charge in [0.05, 0.1) is 24.3 Å². The van der Waals surface area contributed by atoms with E-state index in [1.54, 1.807) is 25.1 Å². The zero-order valence-corrected chi connectivity index (χ0v) is 35.6. The number of aromatic nitrogens is 1. The van der Waals surface area contributed by atoms with Crippen LogP contribution in [0, 0.1) is 19.8 Å². The maximum absolute atomic E-state index is 13.4. The molecule has 326 valence electrons. The van der Waals surface area contributed by atoms with Crippen LogP contribution in [0.5, 0.6) is 5.75 Å². The van der Waals surface area contributed by atoms with Crippen LogP contribution in [0.3, 0.4) is 0 Å². The first-order valence-electron chi connectivity index (χ1n) is 21.2. The highest BCUT2D eigenvalue weighted by molar-refractivity contribution is 6.34. The molecule has 3 amide bonds. The molecule has 0 bridgehead atoms. The maximum atomic E-state index is 13.4. The molecule has 3 aliphatic heterocycles. The van der Waals surface area contributed by atoms with Crippen LogP contribution in [0.4, 0.5) is 5.69 Å². The molecule has 14 nitrogen and oxygen atoms in total. The summed E-state index contributed by atoms with van der Waals surface area (Å²) in [6.07, 6.45) is 9.93. The topological polar surface area (TPSA) is 187 Å². The number of anilines is 1. The molecular weight excluding hydrogens is 791 g/mol. The van der Waals surface area contributed by atoms with Gasteiger partial charge < -0.3 is 35.0 Å². The maximum Gasteiger partial charge on any atom is 0.253 e. The Kier molecular flexibility index (Phi) is 15.3. The second kappa shape index (κ2) is 20.6. The first-order chi connectivity index (χ1) is 29.6. The monoisotopic (exact) mass is 847 g/mol. The summed E-state index contributed by atoms with van der Waals surface area (Å²) in [5.41, 5.74) is 2.35. The summed E-state index contributed by atoms with van der Waals surface area (Å²) < 4.78 is 13.4. The molecule has 0 saturated carbocycles. The fraction of sp³-hybridized carbons (Fsp3) is 0.447. The van der Waals surface area contributed by atoms with E-state index in [1.165, 1.54) is 6.92 Å². The van der Waals surface area contributed by atoms with Crippen molar-refractivity contribution in [2.45, 2.75) is 102 Å². The number of carbonyl (C=O) groups is 5. The number of aliphatic hydroxyl groups excluding tert-OH is 3. The summed E-state index contributed by atoms with van der Waals surface area (Å²) in [5.74, 6) is -1.13. The number of nitrogens with zero attached hydrogens (tertiary/aromatic N) is 3. The number of aryl methyl sites for hydroxylation is 2. The second-order valence-electron chi connectivity index (χ2n) is 16.7. The number of benzene rings is 2. The molecule has 3 unspecified atom stereocenters. The fourth-order valence-corrected chi connectivity index (χ4v) is 8.08. The summed E-state index contributed by atoms with van der Waals surface area (Å²) in [5, 5.41) is 33.8. The van der Waals surface area contributed by atoms with Gasteiger partial charge in [-0.2, -0.15) is 0 Å². The number of hydrogen-bond donors (Lipinski definition) is 4. The highest BCUT2D eigenvalue weighted by Gasteiger charge is 2.42. The standard InChI is InChI=1S/C47H56BN4O10/c1-30-9-7-12-35(23-30)45(60)51-21-18-32(19-22-51)10-5-4-6-13-36(53)15-14-33-11-8-20-50(27-33)28-34-24-31(2)44(62-46-43(59)42(58)38(54)29-61-46)37(25-34)49-26-39(55)47(3,48)52-40(56)16-17-41(52)57/h7-9,11-12,14-17,20,23-25,27,32,38,42-43,46,49,54,58-59H,4-6,10,13,18-19,21-22,26,28-29H2,1-3H3/q+1/b15-14+/t38?,42-,43-,46?,47?/m0/s1. The highest BCUT2D eigenvalue weighted by atomic mass is 16.7. The number of allylic oxidation sites excluding steroid dienone is 1. The molecule has 0 aliphatic carbocycles. The molecule has 62 heavy (non-hydrogen) atoms. The number of amides is 3. The SMILES string of the molecule is [B]C(C)(C(=O)CNc1cc(C[n+]2cccc(/C=C/C(=O)CCCCCC3CCN(C(=O)c4cccc(C)c4)CC3)c2)cc(C)c1OC1OCC(O)[C@H](O)[C@@H]1O)N1C(=O)C=CC1=O. The zero-order chi connectivity index (χ0) is 44.6. The van der Waals surface area contributed by atoms with Gasteiger partial charge in [-0.25, -0.2) is 4.57 Å². The molecule has 15 heteroatoms. The molecule has 5 atom stereocenters. The van der Waals surface area contributed by atoms with Crippen molar-refractivity contribution in [2.24, 2.45) is 5.92 Å². The predicted octanol–water partition coefficient (Wildman–Crippen LogP) is 3.33. The summed E-state index contributed by atoms with van der Waals surface area (Å²) >= 11 is 0. The first kappa shape index (κ1) is 46.0. The van der Waals surface area contributed by atoms with Gasteiger partial charge in [0, 0.05) is 54.4 Å². The van der Waals surface area contributed by atoms with E-state index in [9.17, 15) is 39.3 Å². The van der Waals surface area contributed by atoms with Crippen molar-refractivity contribution >= 4 is 48.9 Å². The van der Waals surface area contributed by atoms with Crippen LogP contribution >= 0.6 is 0 Å². The molecule has 2 aromatic carbocycles. The number of nitrogens with one attached hydrogen (secondary N) is 1. The van der Waals surface area contributed by atoms with E-state index in [0.29, 0.717) is 35.0 Å². The van der Waals surface area contributed by atoms with Crippen molar-refractivity contribution in [1.82, 2.24) is 9.80 Å². The predicted molar refractivity (Wildman–Crippen MR) is 231 cm³/mol. The Labute approximate surface area is 363 Å². The van der Waals surface area contributed by atoms with Crippen LogP contribution in [0.1, 0.15) is 84.5 Å². The summed E-state index contributed by atoms with van der Waals surface area (Å²) in [6.45, 7) is 6.25. The number of ether oxygens (including phenoxy) is 2. The van der Waals surface area contributed by atoms with Gasteiger partial charge in [0.2, 0.25) is 6.29 Å². The lowest BCUT2D eigenvalue weighted by Crippen LogP contribution is -2.57. The summed E-state index contributed by atoms with van der Waals surface area (Å²) in [4.78, 5) is 66.4. The van der Waals surface area contributed by atoms with Gasteiger partial charge in [-0.3, -0.25) is 28.9 Å². The Morgan fingerprint density at radius 1 is 0.984 bits per heavy atom. The quantitative estimate of drug-likeness (QED) is 0.0484. The smallest absolute Gasteiger partial charge is 0.253 e. The number of piperidine rings is 1.